The highest BCUT2D eigenvalue weighted by Crippen LogP contribution is 2.38. The molecule has 1 amide bonds. The molecule has 3 rings (SSSR count). The third-order valence-electron chi connectivity index (χ3n) is 4.57. The second-order valence-corrected chi connectivity index (χ2v) is 7.51. The molecule has 27 heavy (non-hydrogen) atoms. The van der Waals surface area contributed by atoms with Crippen molar-refractivity contribution in [3.8, 4) is 0 Å². The average molecular weight is 388 g/mol. The van der Waals surface area contributed by atoms with Crippen LogP contribution in [0.3, 0.4) is 0 Å². The lowest BCUT2D eigenvalue weighted by molar-refractivity contribution is -0.129. The van der Waals surface area contributed by atoms with Crippen molar-refractivity contribution in [3.05, 3.63) is 70.3 Å². The van der Waals surface area contributed by atoms with E-state index in [4.69, 9.17) is 16.0 Å². The minimum absolute atomic E-state index is 0.119. The third kappa shape index (κ3) is 4.08. The molecule has 1 N–H and O–H groups in total. The summed E-state index contributed by atoms with van der Waals surface area (Å²) in [6, 6.07) is 10.1. The van der Waals surface area contributed by atoms with Gasteiger partial charge < -0.3 is 14.4 Å². The number of furan rings is 1. The molecule has 2 aromatic rings. The molecule has 0 aliphatic carbocycles. The van der Waals surface area contributed by atoms with Crippen molar-refractivity contribution >= 4 is 23.3 Å². The molecular formula is C21H22ClNO4. The highest BCUT2D eigenvalue weighted by Gasteiger charge is 2.44. The Morgan fingerprint density at radius 1 is 1.26 bits per heavy atom. The Balaban J connectivity index is 1.88. The van der Waals surface area contributed by atoms with Crippen molar-refractivity contribution in [1.29, 1.82) is 0 Å². The predicted octanol–water partition coefficient (Wildman–Crippen LogP) is 4.49. The van der Waals surface area contributed by atoms with Crippen LogP contribution >= 0.6 is 11.6 Å². The van der Waals surface area contributed by atoms with E-state index in [1.54, 1.807) is 24.3 Å². The van der Waals surface area contributed by atoms with Gasteiger partial charge in [0.25, 0.3) is 5.91 Å². The van der Waals surface area contributed by atoms with Gasteiger partial charge >= 0.3 is 0 Å². The molecule has 1 aromatic heterocycles. The van der Waals surface area contributed by atoms with E-state index in [2.05, 4.69) is 0 Å². The quantitative estimate of drug-likeness (QED) is 0.760. The smallest absolute Gasteiger partial charge is 0.290 e. The molecule has 1 atom stereocenters. The van der Waals surface area contributed by atoms with Gasteiger partial charge in [-0.3, -0.25) is 9.59 Å². The summed E-state index contributed by atoms with van der Waals surface area (Å²) in [6.45, 7) is 4.19. The van der Waals surface area contributed by atoms with Gasteiger partial charge in [-0.1, -0.05) is 37.6 Å². The van der Waals surface area contributed by atoms with Gasteiger partial charge in [0, 0.05) is 18.0 Å². The SMILES string of the molecule is CC(C)CC(=O)C1=C(O)C(=O)N(CCc2ccc(Cl)cc2)C1c1ccco1. The number of hydrogen-bond acceptors (Lipinski definition) is 4. The van der Waals surface area contributed by atoms with Crippen LogP contribution in [0.15, 0.2) is 58.4 Å². The van der Waals surface area contributed by atoms with Crippen molar-refractivity contribution in [2.24, 2.45) is 5.92 Å². The average Bonchev–Trinajstić information content (AvgIpc) is 3.22. The first-order valence-corrected chi connectivity index (χ1v) is 9.31. The van der Waals surface area contributed by atoms with Crippen molar-refractivity contribution in [1.82, 2.24) is 4.90 Å². The molecular weight excluding hydrogens is 366 g/mol. The molecule has 2 heterocycles. The molecule has 1 aliphatic rings. The van der Waals surface area contributed by atoms with Gasteiger partial charge in [-0.15, -0.1) is 0 Å². The number of rotatable bonds is 7. The lowest BCUT2D eigenvalue weighted by Crippen LogP contribution is -2.33. The molecule has 0 bridgehead atoms. The number of amides is 1. The van der Waals surface area contributed by atoms with Crippen molar-refractivity contribution in [2.45, 2.75) is 32.7 Å². The van der Waals surface area contributed by atoms with Crippen LogP contribution in [0.5, 0.6) is 0 Å². The summed E-state index contributed by atoms with van der Waals surface area (Å²) in [7, 11) is 0. The summed E-state index contributed by atoms with van der Waals surface area (Å²) in [6.07, 6.45) is 2.32. The topological polar surface area (TPSA) is 70.8 Å². The van der Waals surface area contributed by atoms with Crippen molar-refractivity contribution in [2.75, 3.05) is 6.54 Å². The zero-order chi connectivity index (χ0) is 19.6. The fraction of sp³-hybridized carbons (Fsp3) is 0.333. The number of nitrogens with zero attached hydrogens (tertiary/aromatic N) is 1. The van der Waals surface area contributed by atoms with Gasteiger partial charge in [0.1, 0.15) is 11.8 Å². The zero-order valence-electron chi connectivity index (χ0n) is 15.3. The maximum atomic E-state index is 12.7. The number of Topliss-reactive ketones (excluding diaryl/α,β-unsaturated/α-hetero) is 1. The second-order valence-electron chi connectivity index (χ2n) is 7.08. The molecule has 142 valence electrons. The Bertz CT molecular complexity index is 853. The first-order chi connectivity index (χ1) is 12.9. The van der Waals surface area contributed by atoms with Crippen LogP contribution < -0.4 is 0 Å². The van der Waals surface area contributed by atoms with Gasteiger partial charge in [0.2, 0.25) is 0 Å². The maximum Gasteiger partial charge on any atom is 0.290 e. The molecule has 0 spiro atoms. The van der Waals surface area contributed by atoms with Gasteiger partial charge in [-0.05, 0) is 42.2 Å². The Labute approximate surface area is 163 Å². The van der Waals surface area contributed by atoms with E-state index in [1.807, 2.05) is 26.0 Å². The summed E-state index contributed by atoms with van der Waals surface area (Å²) in [5.74, 6) is -0.661. The third-order valence-corrected chi connectivity index (χ3v) is 4.82. The Hall–Kier alpha value is -2.53. The second kappa shape index (κ2) is 8.01. The predicted molar refractivity (Wildman–Crippen MR) is 102 cm³/mol. The molecule has 1 unspecified atom stereocenters. The molecule has 0 radical (unpaired) electrons. The summed E-state index contributed by atoms with van der Waals surface area (Å²) >= 11 is 5.91. The lowest BCUT2D eigenvalue weighted by Gasteiger charge is -2.25. The Morgan fingerprint density at radius 3 is 2.56 bits per heavy atom. The first-order valence-electron chi connectivity index (χ1n) is 8.93. The van der Waals surface area contributed by atoms with Crippen LogP contribution in [-0.4, -0.2) is 28.2 Å². The van der Waals surface area contributed by atoms with Gasteiger partial charge in [-0.25, -0.2) is 0 Å². The van der Waals surface area contributed by atoms with Crippen LogP contribution in [0, 0.1) is 5.92 Å². The number of carbonyl (C=O) groups excluding carboxylic acids is 2. The fourth-order valence-corrected chi connectivity index (χ4v) is 3.42. The summed E-state index contributed by atoms with van der Waals surface area (Å²) in [5.41, 5.74) is 1.13. The van der Waals surface area contributed by atoms with Gasteiger partial charge in [0.15, 0.2) is 11.5 Å². The molecule has 6 heteroatoms. The molecule has 0 fully saturated rings. The van der Waals surface area contributed by atoms with Crippen LogP contribution in [0.4, 0.5) is 0 Å². The molecule has 0 saturated carbocycles. The van der Waals surface area contributed by atoms with Crippen LogP contribution in [0.2, 0.25) is 5.02 Å². The molecule has 1 aromatic carbocycles. The maximum absolute atomic E-state index is 12.7. The number of aliphatic hydroxyl groups is 1. The number of carbonyl (C=O) groups is 2. The Morgan fingerprint density at radius 2 is 1.96 bits per heavy atom. The highest BCUT2D eigenvalue weighted by atomic mass is 35.5. The number of benzene rings is 1. The summed E-state index contributed by atoms with van der Waals surface area (Å²) in [5, 5.41) is 11.1. The van der Waals surface area contributed by atoms with Gasteiger partial charge in [0.05, 0.1) is 11.8 Å². The number of hydrogen-bond donors (Lipinski definition) is 1. The Kier molecular flexibility index (Phi) is 5.71. The van der Waals surface area contributed by atoms with Crippen molar-refractivity contribution in [3.63, 3.8) is 0 Å². The first kappa shape index (κ1) is 19.2. The van der Waals surface area contributed by atoms with E-state index < -0.39 is 17.7 Å². The highest BCUT2D eigenvalue weighted by molar-refractivity contribution is 6.30. The monoisotopic (exact) mass is 387 g/mol. The summed E-state index contributed by atoms with van der Waals surface area (Å²) < 4.78 is 5.49. The molecule has 0 saturated heterocycles. The normalized spacial score (nSPS) is 17.3. The van der Waals surface area contributed by atoms with Crippen molar-refractivity contribution < 1.29 is 19.1 Å². The standard InChI is InChI=1S/C21H22ClNO4/c1-13(2)12-16(24)18-19(17-4-3-11-27-17)23(21(26)20(18)25)10-9-14-5-7-15(22)8-6-14/h3-8,11,13,19,25H,9-10,12H2,1-2H3. The fourth-order valence-electron chi connectivity index (χ4n) is 3.29. The minimum Gasteiger partial charge on any atom is -0.503 e. The van der Waals surface area contributed by atoms with E-state index in [-0.39, 0.29) is 23.7 Å². The zero-order valence-corrected chi connectivity index (χ0v) is 16.1. The van der Waals surface area contributed by atoms with Crippen LogP contribution in [0.25, 0.3) is 0 Å². The largest absolute Gasteiger partial charge is 0.503 e. The number of ketones is 1. The number of aliphatic hydroxyl groups excluding tert-OH is 1. The minimum atomic E-state index is -0.703. The van der Waals surface area contributed by atoms with Crippen LogP contribution in [0.1, 0.15) is 37.6 Å². The van der Waals surface area contributed by atoms with Gasteiger partial charge in [-0.2, -0.15) is 0 Å². The van der Waals surface area contributed by atoms with E-state index in [1.165, 1.54) is 11.2 Å². The molecule has 1 aliphatic heterocycles. The van der Waals surface area contributed by atoms with E-state index in [0.29, 0.717) is 23.7 Å². The molecule has 5 nitrogen and oxygen atoms in total. The van der Waals surface area contributed by atoms with E-state index in [0.717, 1.165) is 5.56 Å². The van der Waals surface area contributed by atoms with E-state index >= 15 is 0 Å². The lowest BCUT2D eigenvalue weighted by atomic mass is 9.95. The summed E-state index contributed by atoms with van der Waals surface area (Å²) in [4.78, 5) is 26.9. The van der Waals surface area contributed by atoms with Crippen LogP contribution in [-0.2, 0) is 16.0 Å². The van der Waals surface area contributed by atoms with E-state index in [9.17, 15) is 14.7 Å². The number of halogens is 1.